The van der Waals surface area contributed by atoms with Gasteiger partial charge in [0.05, 0.1) is 12.5 Å². The first-order chi connectivity index (χ1) is 18.0. The first kappa shape index (κ1) is 24.7. The number of hydrogen-bond donors (Lipinski definition) is 0. The second kappa shape index (κ2) is 10.9. The number of nitrogens with zero attached hydrogens (tertiary/aromatic N) is 4. The van der Waals surface area contributed by atoms with E-state index in [1.54, 1.807) is 24.0 Å². The van der Waals surface area contributed by atoms with Gasteiger partial charge in [-0.2, -0.15) is 4.98 Å². The number of piperidine rings is 1. The van der Waals surface area contributed by atoms with E-state index in [1.165, 1.54) is 23.9 Å². The van der Waals surface area contributed by atoms with Gasteiger partial charge in [-0.05, 0) is 55.5 Å². The number of amides is 1. The lowest BCUT2D eigenvalue weighted by Gasteiger charge is -2.31. The normalized spacial score (nSPS) is 15.4. The Hall–Kier alpha value is -4.01. The van der Waals surface area contributed by atoms with Gasteiger partial charge in [0, 0.05) is 31.5 Å². The van der Waals surface area contributed by atoms with Crippen molar-refractivity contribution >= 4 is 23.5 Å². The number of para-hydroxylation sites is 1. The number of likely N-dealkylation sites (tertiary alicyclic amines) is 1. The van der Waals surface area contributed by atoms with Gasteiger partial charge in [0.2, 0.25) is 11.8 Å². The van der Waals surface area contributed by atoms with Crippen LogP contribution < -0.4 is 9.64 Å². The van der Waals surface area contributed by atoms with Crippen LogP contribution in [0.3, 0.4) is 0 Å². The van der Waals surface area contributed by atoms with Gasteiger partial charge in [0.15, 0.2) is 0 Å². The summed E-state index contributed by atoms with van der Waals surface area (Å²) in [6.07, 6.45) is 3.48. The Bertz CT molecular complexity index is 1280. The maximum atomic E-state index is 13.5. The predicted octanol–water partition coefficient (Wildman–Crippen LogP) is 4.30. The lowest BCUT2D eigenvalue weighted by Crippen LogP contribution is -2.41. The monoisotopic (exact) mass is 504 g/mol. The van der Waals surface area contributed by atoms with Gasteiger partial charge in [0.25, 0.3) is 5.91 Å². The fourth-order valence-corrected chi connectivity index (χ4v) is 4.77. The number of esters is 1. The molecule has 3 aromatic rings. The molecule has 0 unspecified atom stereocenters. The number of carbonyl (C=O) groups is 2. The maximum absolute atomic E-state index is 13.5. The number of carbonyl (C=O) groups excluding carboxylic acids is 2. The fourth-order valence-electron chi connectivity index (χ4n) is 4.77. The van der Waals surface area contributed by atoms with E-state index in [2.05, 4.69) is 16.0 Å². The van der Waals surface area contributed by atoms with Crippen molar-refractivity contribution in [2.24, 2.45) is 5.92 Å². The third kappa shape index (κ3) is 5.40. The zero-order chi connectivity index (χ0) is 25.8. The lowest BCUT2D eigenvalue weighted by molar-refractivity contribution is -0.149. The lowest BCUT2D eigenvalue weighted by atomic mass is 9.96. The average molecular weight is 505 g/mol. The maximum Gasteiger partial charge on any atom is 0.309 e. The van der Waals surface area contributed by atoms with Gasteiger partial charge in [0.1, 0.15) is 18.0 Å². The third-order valence-corrected chi connectivity index (χ3v) is 6.79. The van der Waals surface area contributed by atoms with Crippen molar-refractivity contribution in [3.63, 3.8) is 0 Å². The molecule has 1 fully saturated rings. The van der Waals surface area contributed by atoms with Crippen molar-refractivity contribution in [2.45, 2.75) is 32.8 Å². The molecule has 1 aromatic heterocycles. The Kier molecular flexibility index (Phi) is 7.30. The molecule has 37 heavy (non-hydrogen) atoms. The molecule has 3 heterocycles. The third-order valence-electron chi connectivity index (χ3n) is 6.79. The van der Waals surface area contributed by atoms with E-state index in [-0.39, 0.29) is 41.7 Å². The van der Waals surface area contributed by atoms with Crippen LogP contribution in [0.15, 0.2) is 54.7 Å². The molecule has 0 aliphatic carbocycles. The van der Waals surface area contributed by atoms with Crippen LogP contribution in [0.25, 0.3) is 0 Å². The Balaban J connectivity index is 1.38. The molecular formula is C28H29FN4O4. The number of ether oxygens (including phenoxy) is 2. The Morgan fingerprint density at radius 1 is 1.05 bits per heavy atom. The SMILES string of the molecule is CCOC(=O)C1CCN(C(=O)c2cnc(N3CCc4ccccc43)nc2OCc2ccc(F)cc2)CC1. The Morgan fingerprint density at radius 3 is 2.57 bits per heavy atom. The van der Waals surface area contributed by atoms with Crippen molar-refractivity contribution in [1.29, 1.82) is 0 Å². The molecule has 9 heteroatoms. The standard InChI is InChI=1S/C28H29FN4O4/c1-2-36-27(35)21-11-14-32(15-12-21)26(34)23-17-30-28(33-16-13-20-5-3-4-6-24(20)33)31-25(23)37-18-19-7-9-22(29)10-8-19/h3-10,17,21H,2,11-16,18H2,1H3. The van der Waals surface area contributed by atoms with Crippen LogP contribution in [0.5, 0.6) is 5.88 Å². The number of fused-ring (bicyclic) bond motifs is 1. The van der Waals surface area contributed by atoms with E-state index in [9.17, 15) is 14.0 Å². The van der Waals surface area contributed by atoms with Crippen LogP contribution in [0.4, 0.5) is 16.0 Å². The van der Waals surface area contributed by atoms with Crippen LogP contribution in [-0.4, -0.2) is 53.0 Å². The molecular weight excluding hydrogens is 475 g/mol. The van der Waals surface area contributed by atoms with E-state index in [4.69, 9.17) is 9.47 Å². The van der Waals surface area contributed by atoms with Gasteiger partial charge >= 0.3 is 5.97 Å². The Labute approximate surface area is 215 Å². The predicted molar refractivity (Wildman–Crippen MR) is 135 cm³/mol. The smallest absolute Gasteiger partial charge is 0.309 e. The van der Waals surface area contributed by atoms with Gasteiger partial charge < -0.3 is 19.3 Å². The van der Waals surface area contributed by atoms with Crippen LogP contribution >= 0.6 is 0 Å². The van der Waals surface area contributed by atoms with E-state index in [0.717, 1.165) is 24.2 Å². The molecule has 0 radical (unpaired) electrons. The molecule has 0 spiro atoms. The number of rotatable bonds is 7. The zero-order valence-electron chi connectivity index (χ0n) is 20.7. The van der Waals surface area contributed by atoms with Gasteiger partial charge in [-0.3, -0.25) is 9.59 Å². The molecule has 0 N–H and O–H groups in total. The molecule has 5 rings (SSSR count). The molecule has 2 aliphatic rings. The highest BCUT2D eigenvalue weighted by Gasteiger charge is 2.31. The first-order valence-corrected chi connectivity index (χ1v) is 12.6. The van der Waals surface area contributed by atoms with E-state index < -0.39 is 0 Å². The zero-order valence-corrected chi connectivity index (χ0v) is 20.7. The average Bonchev–Trinajstić information content (AvgIpc) is 3.37. The van der Waals surface area contributed by atoms with Gasteiger partial charge in [-0.25, -0.2) is 9.37 Å². The number of halogens is 1. The Morgan fingerprint density at radius 2 is 1.81 bits per heavy atom. The minimum atomic E-state index is -0.331. The molecule has 8 nitrogen and oxygen atoms in total. The van der Waals surface area contributed by atoms with Crippen molar-refractivity contribution in [1.82, 2.24) is 14.9 Å². The van der Waals surface area contributed by atoms with E-state index >= 15 is 0 Å². The van der Waals surface area contributed by atoms with Gasteiger partial charge in [-0.15, -0.1) is 0 Å². The summed E-state index contributed by atoms with van der Waals surface area (Å²) in [5, 5.41) is 0. The highest BCUT2D eigenvalue weighted by atomic mass is 19.1. The second-order valence-electron chi connectivity index (χ2n) is 9.15. The van der Waals surface area contributed by atoms with Crippen LogP contribution in [0.2, 0.25) is 0 Å². The van der Waals surface area contributed by atoms with Crippen LogP contribution in [0, 0.1) is 11.7 Å². The minimum absolute atomic E-state index is 0.124. The summed E-state index contributed by atoms with van der Waals surface area (Å²) >= 11 is 0. The molecule has 1 saturated heterocycles. The van der Waals surface area contributed by atoms with Gasteiger partial charge in [-0.1, -0.05) is 30.3 Å². The molecule has 0 bridgehead atoms. The highest BCUT2D eigenvalue weighted by molar-refractivity contribution is 5.96. The minimum Gasteiger partial charge on any atom is -0.472 e. The summed E-state index contributed by atoms with van der Waals surface area (Å²) in [5.74, 6) is -0.357. The van der Waals surface area contributed by atoms with Crippen molar-refractivity contribution in [3.8, 4) is 5.88 Å². The van der Waals surface area contributed by atoms with Crippen molar-refractivity contribution in [2.75, 3.05) is 31.1 Å². The van der Waals surface area contributed by atoms with Crippen molar-refractivity contribution < 1.29 is 23.5 Å². The summed E-state index contributed by atoms with van der Waals surface area (Å²) in [6, 6.07) is 14.1. The fraction of sp³-hybridized carbons (Fsp3) is 0.357. The molecule has 0 saturated carbocycles. The quantitative estimate of drug-likeness (QED) is 0.444. The summed E-state index contributed by atoms with van der Waals surface area (Å²) in [6.45, 7) is 3.85. The summed E-state index contributed by atoms with van der Waals surface area (Å²) in [4.78, 5) is 38.5. The molecule has 0 atom stereocenters. The van der Waals surface area contributed by atoms with E-state index in [0.29, 0.717) is 38.5 Å². The van der Waals surface area contributed by atoms with E-state index in [1.807, 2.05) is 23.1 Å². The van der Waals surface area contributed by atoms with Crippen molar-refractivity contribution in [3.05, 3.63) is 77.2 Å². The number of aromatic nitrogens is 2. The summed E-state index contributed by atoms with van der Waals surface area (Å²) < 4.78 is 24.5. The first-order valence-electron chi connectivity index (χ1n) is 12.6. The highest BCUT2D eigenvalue weighted by Crippen LogP contribution is 2.34. The molecule has 1 amide bonds. The number of benzene rings is 2. The molecule has 2 aliphatic heterocycles. The largest absolute Gasteiger partial charge is 0.472 e. The molecule has 192 valence electrons. The number of hydrogen-bond acceptors (Lipinski definition) is 7. The van der Waals surface area contributed by atoms with Crippen LogP contribution in [-0.2, 0) is 22.6 Å². The number of anilines is 2. The topological polar surface area (TPSA) is 84.9 Å². The summed E-state index contributed by atoms with van der Waals surface area (Å²) in [7, 11) is 0. The molecule has 2 aromatic carbocycles. The summed E-state index contributed by atoms with van der Waals surface area (Å²) in [5.41, 5.74) is 3.26. The van der Waals surface area contributed by atoms with Crippen LogP contribution in [0.1, 0.15) is 41.3 Å². The second-order valence-corrected chi connectivity index (χ2v) is 9.15.